The molecule has 8 nitrogen and oxygen atoms in total. The highest BCUT2D eigenvalue weighted by Crippen LogP contribution is 2.47. The molecule has 1 fully saturated rings. The van der Waals surface area contributed by atoms with Crippen LogP contribution in [0.1, 0.15) is 41.1 Å². The van der Waals surface area contributed by atoms with Gasteiger partial charge >= 0.3 is 0 Å². The number of aliphatic hydroxyl groups is 1. The number of H-pyrrole nitrogens is 1. The Hall–Kier alpha value is -3.04. The van der Waals surface area contributed by atoms with Crippen LogP contribution in [-0.2, 0) is 0 Å². The smallest absolute Gasteiger partial charge is 0.141 e. The van der Waals surface area contributed by atoms with Crippen LogP contribution in [0.5, 0.6) is 0 Å². The molecule has 4 aromatic heterocycles. The predicted octanol–water partition coefficient (Wildman–Crippen LogP) is 2.81. The Morgan fingerprint density at radius 1 is 1.26 bits per heavy atom. The molecule has 0 radical (unpaired) electrons. The Labute approximate surface area is 157 Å². The highest BCUT2D eigenvalue weighted by molar-refractivity contribution is 7.17. The third-order valence-electron chi connectivity index (χ3n) is 5.02. The number of nitrogens with one attached hydrogen (secondary N) is 1. The van der Waals surface area contributed by atoms with Gasteiger partial charge in [-0.05, 0) is 37.0 Å². The molecule has 4 heterocycles. The van der Waals surface area contributed by atoms with Crippen molar-refractivity contribution >= 4 is 27.1 Å². The van der Waals surface area contributed by atoms with Gasteiger partial charge in [-0.25, -0.2) is 9.67 Å². The fraction of sp³-hybridized carbons (Fsp3) is 0.222. The predicted molar refractivity (Wildman–Crippen MR) is 100 cm³/mol. The van der Waals surface area contributed by atoms with E-state index in [0.29, 0.717) is 11.6 Å². The molecule has 27 heavy (non-hydrogen) atoms. The van der Waals surface area contributed by atoms with E-state index in [-0.39, 0.29) is 0 Å². The highest BCUT2D eigenvalue weighted by atomic mass is 32.1. The molecule has 0 bridgehead atoms. The maximum atomic E-state index is 11.1. The molecule has 1 aromatic carbocycles. The molecule has 1 atom stereocenters. The summed E-state index contributed by atoms with van der Waals surface area (Å²) in [6.07, 6.45) is 8.66. The van der Waals surface area contributed by atoms with Crippen LogP contribution in [0, 0.1) is 0 Å². The van der Waals surface area contributed by atoms with Crippen LogP contribution in [0.15, 0.2) is 43.1 Å². The monoisotopic (exact) mass is 377 g/mol. The van der Waals surface area contributed by atoms with Gasteiger partial charge in [-0.15, -0.1) is 16.4 Å². The third-order valence-corrected chi connectivity index (χ3v) is 6.29. The zero-order valence-electron chi connectivity index (χ0n) is 14.1. The van der Waals surface area contributed by atoms with Gasteiger partial charge in [-0.1, -0.05) is 5.21 Å². The number of aromatic nitrogens is 7. The number of imidazole rings is 1. The Kier molecular flexibility index (Phi) is 3.06. The first-order valence-electron chi connectivity index (χ1n) is 8.76. The average molecular weight is 377 g/mol. The lowest BCUT2D eigenvalue weighted by Gasteiger charge is -2.09. The van der Waals surface area contributed by atoms with Gasteiger partial charge in [0.25, 0.3) is 0 Å². The summed E-state index contributed by atoms with van der Waals surface area (Å²) in [6, 6.07) is 5.88. The van der Waals surface area contributed by atoms with Crippen molar-refractivity contribution < 1.29 is 5.11 Å². The second-order valence-corrected chi connectivity index (χ2v) is 7.92. The standard InChI is InChI=1S/C18H15N7OS/c26-17(16-18(10-1-2-10)27-15-7-19-9-24(15)16)14-8-25(23-22-14)12-3-4-13-11(5-12)6-20-21-13/h3-10,17,26H,1-2H2,(H,20,21). The molecule has 1 unspecified atom stereocenters. The molecule has 0 spiro atoms. The maximum Gasteiger partial charge on any atom is 0.141 e. The van der Waals surface area contributed by atoms with Crippen molar-refractivity contribution in [1.29, 1.82) is 0 Å². The first-order valence-corrected chi connectivity index (χ1v) is 9.58. The molecule has 6 rings (SSSR count). The number of hydrogen-bond acceptors (Lipinski definition) is 6. The Balaban J connectivity index is 1.41. The SMILES string of the molecule is OC(c1cn(-c2ccc3[nH]ncc3c2)nn1)c1c(C2CC2)sc2cncn12. The minimum atomic E-state index is -0.838. The van der Waals surface area contributed by atoms with Crippen LogP contribution in [-0.4, -0.2) is 39.7 Å². The molecule has 1 aliphatic rings. The Morgan fingerprint density at radius 2 is 2.19 bits per heavy atom. The van der Waals surface area contributed by atoms with E-state index in [9.17, 15) is 5.11 Å². The average Bonchev–Trinajstić information content (AvgIpc) is 3.11. The molecule has 1 saturated carbocycles. The van der Waals surface area contributed by atoms with Gasteiger partial charge in [-0.3, -0.25) is 9.50 Å². The van der Waals surface area contributed by atoms with Crippen LogP contribution in [0.3, 0.4) is 0 Å². The van der Waals surface area contributed by atoms with Gasteiger partial charge in [-0.2, -0.15) is 5.10 Å². The van der Waals surface area contributed by atoms with E-state index in [1.807, 2.05) is 28.8 Å². The summed E-state index contributed by atoms with van der Waals surface area (Å²) in [7, 11) is 0. The van der Waals surface area contributed by atoms with Gasteiger partial charge in [0.1, 0.15) is 23.0 Å². The highest BCUT2D eigenvalue weighted by Gasteiger charge is 2.33. The lowest BCUT2D eigenvalue weighted by atomic mass is 10.1. The number of benzene rings is 1. The van der Waals surface area contributed by atoms with Crippen molar-refractivity contribution in [2.75, 3.05) is 0 Å². The first-order chi connectivity index (χ1) is 13.3. The topological polar surface area (TPSA) is 96.9 Å². The van der Waals surface area contributed by atoms with Crippen molar-refractivity contribution in [1.82, 2.24) is 34.6 Å². The summed E-state index contributed by atoms with van der Waals surface area (Å²) in [4.78, 5) is 6.48. The summed E-state index contributed by atoms with van der Waals surface area (Å²) >= 11 is 1.70. The molecule has 2 N–H and O–H groups in total. The van der Waals surface area contributed by atoms with E-state index >= 15 is 0 Å². The largest absolute Gasteiger partial charge is 0.380 e. The molecule has 1 aliphatic carbocycles. The fourth-order valence-corrected chi connectivity index (χ4v) is 4.77. The van der Waals surface area contributed by atoms with Gasteiger partial charge in [0.15, 0.2) is 0 Å². The molecule has 5 aromatic rings. The minimum Gasteiger partial charge on any atom is -0.380 e. The lowest BCUT2D eigenvalue weighted by molar-refractivity contribution is 0.208. The molecular weight excluding hydrogens is 362 g/mol. The third kappa shape index (κ3) is 2.32. The van der Waals surface area contributed by atoms with Gasteiger partial charge in [0, 0.05) is 10.3 Å². The van der Waals surface area contributed by atoms with Crippen LogP contribution in [0.4, 0.5) is 0 Å². The molecule has 0 aliphatic heterocycles. The Bertz CT molecular complexity index is 1280. The lowest BCUT2D eigenvalue weighted by Crippen LogP contribution is -2.06. The number of thiazole rings is 1. The molecule has 0 amide bonds. The van der Waals surface area contributed by atoms with Crippen LogP contribution < -0.4 is 0 Å². The minimum absolute atomic E-state index is 0.526. The van der Waals surface area contributed by atoms with Crippen LogP contribution in [0.2, 0.25) is 0 Å². The van der Waals surface area contributed by atoms with Gasteiger partial charge in [0.2, 0.25) is 0 Å². The van der Waals surface area contributed by atoms with E-state index in [0.717, 1.165) is 27.1 Å². The van der Waals surface area contributed by atoms with Crippen LogP contribution >= 0.6 is 11.3 Å². The van der Waals surface area contributed by atoms with E-state index in [1.54, 1.807) is 34.7 Å². The second kappa shape index (κ2) is 5.48. The molecular formula is C18H15N7OS. The maximum absolute atomic E-state index is 11.1. The molecule has 134 valence electrons. The van der Waals surface area contributed by atoms with Gasteiger partial charge in [0.05, 0.1) is 35.5 Å². The number of fused-ring (bicyclic) bond motifs is 2. The number of aliphatic hydroxyl groups excluding tert-OH is 1. The van der Waals surface area contributed by atoms with Crippen LogP contribution in [0.25, 0.3) is 21.4 Å². The quantitative estimate of drug-likeness (QED) is 0.502. The van der Waals surface area contributed by atoms with E-state index in [4.69, 9.17) is 0 Å². The second-order valence-electron chi connectivity index (χ2n) is 6.86. The molecule has 9 heteroatoms. The summed E-state index contributed by atoms with van der Waals surface area (Å²) in [5, 5.41) is 27.5. The summed E-state index contributed by atoms with van der Waals surface area (Å²) in [6.45, 7) is 0. The van der Waals surface area contributed by atoms with Crippen molar-refractivity contribution in [3.05, 3.63) is 59.4 Å². The summed E-state index contributed by atoms with van der Waals surface area (Å²) in [5.41, 5.74) is 3.23. The van der Waals surface area contributed by atoms with Crippen molar-refractivity contribution in [3.8, 4) is 5.69 Å². The Morgan fingerprint density at radius 3 is 3.07 bits per heavy atom. The number of nitrogens with zero attached hydrogens (tertiary/aromatic N) is 6. The van der Waals surface area contributed by atoms with E-state index < -0.39 is 6.10 Å². The normalized spacial score (nSPS) is 15.7. The van der Waals surface area contributed by atoms with E-state index in [1.165, 1.54) is 17.7 Å². The summed E-state index contributed by atoms with van der Waals surface area (Å²) < 4.78 is 3.65. The van der Waals surface area contributed by atoms with Crippen molar-refractivity contribution in [2.45, 2.75) is 24.9 Å². The number of aromatic amines is 1. The zero-order chi connectivity index (χ0) is 18.0. The van der Waals surface area contributed by atoms with Gasteiger partial charge < -0.3 is 5.11 Å². The number of hydrogen-bond donors (Lipinski definition) is 2. The molecule has 0 saturated heterocycles. The first kappa shape index (κ1) is 15.1. The fourth-order valence-electron chi connectivity index (χ4n) is 3.47. The zero-order valence-corrected chi connectivity index (χ0v) is 15.0. The van der Waals surface area contributed by atoms with E-state index in [2.05, 4.69) is 25.5 Å². The number of rotatable bonds is 4. The summed E-state index contributed by atoms with van der Waals surface area (Å²) in [5.74, 6) is 0.540. The van der Waals surface area contributed by atoms with Crippen molar-refractivity contribution in [3.63, 3.8) is 0 Å². The van der Waals surface area contributed by atoms with Crippen molar-refractivity contribution in [2.24, 2.45) is 0 Å².